The molecule has 0 radical (unpaired) electrons. The van der Waals surface area contributed by atoms with Crippen LogP contribution in [0.5, 0.6) is 5.75 Å². The molecule has 5 heteroatoms. The highest BCUT2D eigenvalue weighted by atomic mass is 19.2. The zero-order valence-electron chi connectivity index (χ0n) is 22.7. The maximum absolute atomic E-state index is 15.2. The second-order valence-electron chi connectivity index (χ2n) is 11.4. The van der Waals surface area contributed by atoms with Gasteiger partial charge < -0.3 is 4.74 Å². The first-order valence-electron chi connectivity index (χ1n) is 14.7. The number of benzene rings is 2. The van der Waals surface area contributed by atoms with Crippen LogP contribution in [0.15, 0.2) is 36.9 Å². The predicted molar refractivity (Wildman–Crippen MR) is 146 cm³/mol. The molecule has 2 aliphatic rings. The second kappa shape index (κ2) is 13.7. The van der Waals surface area contributed by atoms with Crippen molar-refractivity contribution in [2.45, 2.75) is 96.3 Å². The molecule has 0 aliphatic heterocycles. The molecule has 4 rings (SSSR count). The van der Waals surface area contributed by atoms with E-state index in [1.807, 2.05) is 0 Å². The number of allylic oxidation sites excluding steroid dienone is 1. The lowest BCUT2D eigenvalue weighted by Gasteiger charge is -2.37. The zero-order chi connectivity index (χ0) is 27.1. The monoisotopic (exact) mass is 530 g/mol. The van der Waals surface area contributed by atoms with Crippen molar-refractivity contribution in [3.63, 3.8) is 0 Å². The van der Waals surface area contributed by atoms with Crippen molar-refractivity contribution < 1.29 is 22.3 Å². The molecule has 0 aromatic heterocycles. The van der Waals surface area contributed by atoms with Gasteiger partial charge in [-0.1, -0.05) is 50.8 Å². The summed E-state index contributed by atoms with van der Waals surface area (Å²) in [5, 5.41) is 0. The molecule has 2 aromatic rings. The third kappa shape index (κ3) is 6.63. The van der Waals surface area contributed by atoms with Gasteiger partial charge in [-0.05, 0) is 99.2 Å². The Kier molecular flexibility index (Phi) is 10.3. The molecule has 38 heavy (non-hydrogen) atoms. The first-order valence-corrected chi connectivity index (χ1v) is 14.7. The summed E-state index contributed by atoms with van der Waals surface area (Å²) in [5.41, 5.74) is -0.204. The molecule has 0 atom stereocenters. The highest BCUT2D eigenvalue weighted by Gasteiger charge is 2.32. The van der Waals surface area contributed by atoms with Gasteiger partial charge in [0.1, 0.15) is 0 Å². The van der Waals surface area contributed by atoms with Crippen molar-refractivity contribution in [3.05, 3.63) is 65.8 Å². The van der Waals surface area contributed by atoms with Crippen LogP contribution in [0.2, 0.25) is 0 Å². The first kappa shape index (κ1) is 28.7. The van der Waals surface area contributed by atoms with E-state index in [-0.39, 0.29) is 29.4 Å². The minimum atomic E-state index is -1.22. The maximum Gasteiger partial charge on any atom is 0.201 e. The highest BCUT2D eigenvalue weighted by Crippen LogP contribution is 2.45. The summed E-state index contributed by atoms with van der Waals surface area (Å²) < 4.78 is 65.5. The van der Waals surface area contributed by atoms with Crippen LogP contribution >= 0.6 is 0 Å². The Morgan fingerprint density at radius 3 is 1.92 bits per heavy atom. The molecule has 0 bridgehead atoms. The second-order valence-corrected chi connectivity index (χ2v) is 11.4. The SMILES string of the molecule is C=CC1CCC(C2CCC(c3ccc(-c4ccc(OCCCCCCC)c(F)c4F)c(F)c3F)CC2)CC1. The Bertz CT molecular complexity index is 1070. The number of hydrogen-bond donors (Lipinski definition) is 0. The topological polar surface area (TPSA) is 9.23 Å². The molecule has 0 N–H and O–H groups in total. The summed E-state index contributed by atoms with van der Waals surface area (Å²) in [6.45, 7) is 6.34. The van der Waals surface area contributed by atoms with Crippen LogP contribution in [0.25, 0.3) is 11.1 Å². The van der Waals surface area contributed by atoms with E-state index >= 15 is 8.78 Å². The van der Waals surface area contributed by atoms with Crippen LogP contribution in [0, 0.1) is 41.0 Å². The summed E-state index contributed by atoms with van der Waals surface area (Å²) in [7, 11) is 0. The van der Waals surface area contributed by atoms with Crippen LogP contribution in [-0.2, 0) is 0 Å². The van der Waals surface area contributed by atoms with Gasteiger partial charge >= 0.3 is 0 Å². The Hall–Kier alpha value is -2.30. The minimum absolute atomic E-state index is 0.0472. The average molecular weight is 531 g/mol. The molecule has 0 saturated heterocycles. The largest absolute Gasteiger partial charge is 0.490 e. The van der Waals surface area contributed by atoms with Gasteiger partial charge in [0.15, 0.2) is 23.2 Å². The lowest BCUT2D eigenvalue weighted by Crippen LogP contribution is -2.25. The molecule has 0 heterocycles. The van der Waals surface area contributed by atoms with Gasteiger partial charge in [0.25, 0.3) is 0 Å². The molecule has 1 nitrogen and oxygen atoms in total. The van der Waals surface area contributed by atoms with Crippen LogP contribution in [-0.4, -0.2) is 6.61 Å². The minimum Gasteiger partial charge on any atom is -0.490 e. The molecule has 2 saturated carbocycles. The Labute approximate surface area is 225 Å². The summed E-state index contributed by atoms with van der Waals surface area (Å²) >= 11 is 0. The van der Waals surface area contributed by atoms with Crippen molar-refractivity contribution in [1.29, 1.82) is 0 Å². The molecule has 0 spiro atoms. The fourth-order valence-corrected chi connectivity index (χ4v) is 6.58. The summed E-state index contributed by atoms with van der Waals surface area (Å²) in [6, 6.07) is 5.53. The number of ether oxygens (including phenoxy) is 1. The molecule has 2 aliphatic carbocycles. The van der Waals surface area contributed by atoms with Crippen LogP contribution < -0.4 is 4.74 Å². The Morgan fingerprint density at radius 2 is 1.29 bits per heavy atom. The van der Waals surface area contributed by atoms with E-state index in [2.05, 4.69) is 19.6 Å². The van der Waals surface area contributed by atoms with Gasteiger partial charge in [-0.3, -0.25) is 0 Å². The number of unbranched alkanes of at least 4 members (excludes halogenated alkanes) is 4. The normalized spacial score (nSPS) is 23.8. The molecule has 2 aromatic carbocycles. The van der Waals surface area contributed by atoms with Crippen LogP contribution in [0.4, 0.5) is 17.6 Å². The predicted octanol–water partition coefficient (Wildman–Crippen LogP) is 10.5. The van der Waals surface area contributed by atoms with Crippen LogP contribution in [0.3, 0.4) is 0 Å². The van der Waals surface area contributed by atoms with Gasteiger partial charge in [-0.15, -0.1) is 6.58 Å². The fourth-order valence-electron chi connectivity index (χ4n) is 6.58. The summed E-state index contributed by atoms with van der Waals surface area (Å²) in [4.78, 5) is 0. The highest BCUT2D eigenvalue weighted by molar-refractivity contribution is 5.66. The quantitative estimate of drug-likeness (QED) is 0.159. The average Bonchev–Trinajstić information content (AvgIpc) is 2.95. The van der Waals surface area contributed by atoms with Crippen molar-refractivity contribution in [3.8, 4) is 16.9 Å². The molecular formula is C33H42F4O. The smallest absolute Gasteiger partial charge is 0.201 e. The van der Waals surface area contributed by atoms with Crippen molar-refractivity contribution >= 4 is 0 Å². The lowest BCUT2D eigenvalue weighted by molar-refractivity contribution is 0.171. The summed E-state index contributed by atoms with van der Waals surface area (Å²) in [6.07, 6.45) is 15.7. The Balaban J connectivity index is 1.39. The van der Waals surface area contributed by atoms with Crippen molar-refractivity contribution in [1.82, 2.24) is 0 Å². The van der Waals surface area contributed by atoms with E-state index in [9.17, 15) is 8.78 Å². The van der Waals surface area contributed by atoms with Crippen molar-refractivity contribution in [2.24, 2.45) is 17.8 Å². The molecule has 0 unspecified atom stereocenters. The molecular weight excluding hydrogens is 488 g/mol. The number of hydrogen-bond acceptors (Lipinski definition) is 1. The third-order valence-electron chi connectivity index (χ3n) is 8.98. The molecule has 2 fully saturated rings. The molecule has 208 valence electrons. The van der Waals surface area contributed by atoms with Gasteiger partial charge in [0, 0.05) is 11.1 Å². The number of halogens is 4. The zero-order valence-corrected chi connectivity index (χ0v) is 22.7. The van der Waals surface area contributed by atoms with Gasteiger partial charge in [0.2, 0.25) is 5.82 Å². The van der Waals surface area contributed by atoms with Crippen LogP contribution in [0.1, 0.15) is 102 Å². The van der Waals surface area contributed by atoms with E-state index < -0.39 is 23.3 Å². The van der Waals surface area contributed by atoms with E-state index in [1.54, 1.807) is 6.07 Å². The Morgan fingerprint density at radius 1 is 0.711 bits per heavy atom. The van der Waals surface area contributed by atoms with Gasteiger partial charge in [0.05, 0.1) is 6.61 Å². The first-order chi connectivity index (χ1) is 18.4. The maximum atomic E-state index is 15.2. The molecule has 0 amide bonds. The standard InChI is InChI=1S/C33H42F4O/c1-3-5-6-7-8-21-38-29-20-19-28(32(36)33(29)37)27-18-17-26(30(34)31(27)35)25-15-13-24(14-16-25)23-11-9-22(4-2)10-12-23/h4,17-20,22-25H,2-3,5-16,21H2,1H3. The number of rotatable bonds is 11. The van der Waals surface area contributed by atoms with E-state index in [4.69, 9.17) is 4.74 Å². The van der Waals surface area contributed by atoms with Gasteiger partial charge in [-0.25, -0.2) is 13.2 Å². The lowest BCUT2D eigenvalue weighted by atomic mass is 9.68. The fraction of sp³-hybridized carbons (Fsp3) is 0.576. The third-order valence-corrected chi connectivity index (χ3v) is 8.98. The van der Waals surface area contributed by atoms with E-state index in [0.29, 0.717) is 17.4 Å². The van der Waals surface area contributed by atoms with E-state index in [0.717, 1.165) is 63.7 Å². The van der Waals surface area contributed by atoms with Crippen molar-refractivity contribution in [2.75, 3.05) is 6.61 Å². The van der Waals surface area contributed by atoms with Gasteiger partial charge in [-0.2, -0.15) is 4.39 Å². The summed E-state index contributed by atoms with van der Waals surface area (Å²) in [5.74, 6) is -2.67. The van der Waals surface area contributed by atoms with E-state index in [1.165, 1.54) is 43.9 Å².